The number of halogens is 1. The number of carbonyl (C=O) groups excluding carboxylic acids is 1. The first-order valence-electron chi connectivity index (χ1n) is 7.01. The predicted molar refractivity (Wildman–Crippen MR) is 86.6 cm³/mol. The molecule has 110 valence electrons. The third-order valence-corrected chi connectivity index (χ3v) is 5.42. The lowest BCUT2D eigenvalue weighted by Gasteiger charge is -2.30. The quantitative estimate of drug-likeness (QED) is 0.793. The van der Waals surface area contributed by atoms with Gasteiger partial charge in [-0.05, 0) is 58.8 Å². The summed E-state index contributed by atoms with van der Waals surface area (Å²) in [5.74, 6) is 0.708. The first kappa shape index (κ1) is 15.7. The fourth-order valence-electron chi connectivity index (χ4n) is 2.66. The number of amides is 1. The van der Waals surface area contributed by atoms with E-state index in [2.05, 4.69) is 21.2 Å². The molecule has 5 heteroatoms. The maximum absolute atomic E-state index is 11.8. The summed E-state index contributed by atoms with van der Waals surface area (Å²) in [7, 11) is 0. The number of aliphatic hydroxyl groups excluding tert-OH is 1. The summed E-state index contributed by atoms with van der Waals surface area (Å²) in [4.78, 5) is 12.8. The van der Waals surface area contributed by atoms with Gasteiger partial charge in [-0.15, -0.1) is 11.3 Å². The van der Waals surface area contributed by atoms with Crippen LogP contribution in [0.15, 0.2) is 22.0 Å². The van der Waals surface area contributed by atoms with Crippen LogP contribution in [-0.2, 0) is 4.79 Å². The standard InChI is InChI=1S/C15H20BrNO2S/c16-14-7-5-13(20-14)6-8-15(19)17-9-11-3-1-2-4-12(11)10-18/h5-8,11-12,18H,1-4,9-10H2,(H,17,19). The fraction of sp³-hybridized carbons (Fsp3) is 0.533. The second-order valence-electron chi connectivity index (χ2n) is 5.21. The number of thiophene rings is 1. The van der Waals surface area contributed by atoms with Crippen LogP contribution in [0, 0.1) is 11.8 Å². The molecule has 1 aromatic rings. The van der Waals surface area contributed by atoms with Crippen molar-refractivity contribution in [3.05, 3.63) is 26.9 Å². The fourth-order valence-corrected chi connectivity index (χ4v) is 3.99. The third kappa shape index (κ3) is 4.72. The zero-order valence-electron chi connectivity index (χ0n) is 11.3. The Morgan fingerprint density at radius 2 is 2.15 bits per heavy atom. The van der Waals surface area contributed by atoms with E-state index in [-0.39, 0.29) is 12.5 Å². The minimum atomic E-state index is -0.0585. The Morgan fingerprint density at radius 1 is 1.40 bits per heavy atom. The Bertz CT molecular complexity index is 472. The monoisotopic (exact) mass is 357 g/mol. The van der Waals surface area contributed by atoms with Crippen molar-refractivity contribution >= 4 is 39.2 Å². The molecule has 1 aromatic heterocycles. The van der Waals surface area contributed by atoms with Gasteiger partial charge < -0.3 is 10.4 Å². The molecule has 2 rings (SSSR count). The Morgan fingerprint density at radius 3 is 2.80 bits per heavy atom. The van der Waals surface area contributed by atoms with E-state index >= 15 is 0 Å². The molecule has 2 unspecified atom stereocenters. The highest BCUT2D eigenvalue weighted by atomic mass is 79.9. The molecule has 1 fully saturated rings. The summed E-state index contributed by atoms with van der Waals surface area (Å²) in [6.45, 7) is 0.905. The van der Waals surface area contributed by atoms with Gasteiger partial charge >= 0.3 is 0 Å². The van der Waals surface area contributed by atoms with Crippen molar-refractivity contribution in [3.8, 4) is 0 Å². The van der Waals surface area contributed by atoms with E-state index in [0.29, 0.717) is 18.4 Å². The van der Waals surface area contributed by atoms with E-state index in [1.54, 1.807) is 17.4 Å². The van der Waals surface area contributed by atoms with Crippen LogP contribution in [0.4, 0.5) is 0 Å². The molecule has 1 saturated carbocycles. The van der Waals surface area contributed by atoms with Gasteiger partial charge in [0.1, 0.15) is 0 Å². The maximum atomic E-state index is 11.8. The van der Waals surface area contributed by atoms with E-state index in [9.17, 15) is 9.90 Å². The van der Waals surface area contributed by atoms with Crippen molar-refractivity contribution in [3.63, 3.8) is 0 Å². The maximum Gasteiger partial charge on any atom is 0.244 e. The lowest BCUT2D eigenvalue weighted by Crippen LogP contribution is -2.34. The van der Waals surface area contributed by atoms with Crippen molar-refractivity contribution in [2.45, 2.75) is 25.7 Å². The third-order valence-electron chi connectivity index (χ3n) is 3.83. The van der Waals surface area contributed by atoms with Gasteiger partial charge in [-0.3, -0.25) is 4.79 Å². The van der Waals surface area contributed by atoms with Gasteiger partial charge in [0.15, 0.2) is 0 Å². The number of aliphatic hydroxyl groups is 1. The molecule has 3 nitrogen and oxygen atoms in total. The highest BCUT2D eigenvalue weighted by Gasteiger charge is 2.24. The van der Waals surface area contributed by atoms with Crippen molar-refractivity contribution < 1.29 is 9.90 Å². The first-order valence-corrected chi connectivity index (χ1v) is 8.62. The van der Waals surface area contributed by atoms with Gasteiger partial charge in [0, 0.05) is 24.1 Å². The first-order chi connectivity index (χ1) is 9.69. The van der Waals surface area contributed by atoms with Crippen LogP contribution < -0.4 is 5.32 Å². The van der Waals surface area contributed by atoms with E-state index in [1.165, 1.54) is 12.8 Å². The smallest absolute Gasteiger partial charge is 0.244 e. The van der Waals surface area contributed by atoms with Gasteiger partial charge in [-0.1, -0.05) is 12.8 Å². The number of rotatable bonds is 5. The van der Waals surface area contributed by atoms with Gasteiger partial charge in [-0.2, -0.15) is 0 Å². The Labute approximate surface area is 132 Å². The van der Waals surface area contributed by atoms with Crippen molar-refractivity contribution in [2.24, 2.45) is 11.8 Å². The predicted octanol–water partition coefficient (Wildman–Crippen LogP) is 3.44. The number of carbonyl (C=O) groups is 1. The molecule has 2 atom stereocenters. The molecule has 1 heterocycles. The van der Waals surface area contributed by atoms with Crippen molar-refractivity contribution in [2.75, 3.05) is 13.2 Å². The van der Waals surface area contributed by atoms with Crippen LogP contribution in [0.5, 0.6) is 0 Å². The topological polar surface area (TPSA) is 49.3 Å². The van der Waals surface area contributed by atoms with E-state index in [4.69, 9.17) is 0 Å². The molecule has 1 aliphatic carbocycles. The Balaban J connectivity index is 1.78. The minimum Gasteiger partial charge on any atom is -0.396 e. The van der Waals surface area contributed by atoms with Gasteiger partial charge in [0.05, 0.1) is 3.79 Å². The minimum absolute atomic E-state index is 0.0585. The van der Waals surface area contributed by atoms with Gasteiger partial charge in [0.2, 0.25) is 5.91 Å². The van der Waals surface area contributed by atoms with Crippen molar-refractivity contribution in [1.82, 2.24) is 5.32 Å². The highest BCUT2D eigenvalue weighted by molar-refractivity contribution is 9.11. The Kier molecular flexibility index (Phi) is 6.26. The van der Waals surface area contributed by atoms with Crippen LogP contribution in [0.3, 0.4) is 0 Å². The molecular formula is C15H20BrNO2S. The average Bonchev–Trinajstić information content (AvgIpc) is 2.89. The summed E-state index contributed by atoms with van der Waals surface area (Å²) in [6.07, 6.45) is 7.99. The van der Waals surface area contributed by atoms with Gasteiger partial charge in [-0.25, -0.2) is 0 Å². The summed E-state index contributed by atoms with van der Waals surface area (Å²) in [5, 5.41) is 12.3. The molecule has 1 amide bonds. The second-order valence-corrected chi connectivity index (χ2v) is 7.70. The van der Waals surface area contributed by atoms with Crippen LogP contribution in [0.2, 0.25) is 0 Å². The lowest BCUT2D eigenvalue weighted by atomic mass is 9.79. The van der Waals surface area contributed by atoms with Crippen molar-refractivity contribution in [1.29, 1.82) is 0 Å². The average molecular weight is 358 g/mol. The van der Waals surface area contributed by atoms with E-state index in [0.717, 1.165) is 21.5 Å². The molecule has 20 heavy (non-hydrogen) atoms. The largest absolute Gasteiger partial charge is 0.396 e. The number of hydrogen-bond donors (Lipinski definition) is 2. The highest BCUT2D eigenvalue weighted by Crippen LogP contribution is 2.29. The molecular weight excluding hydrogens is 338 g/mol. The molecule has 2 N–H and O–H groups in total. The van der Waals surface area contributed by atoms with Crippen LogP contribution in [0.1, 0.15) is 30.6 Å². The molecule has 0 radical (unpaired) electrons. The zero-order chi connectivity index (χ0) is 14.4. The summed E-state index contributed by atoms with van der Waals surface area (Å²) < 4.78 is 1.06. The van der Waals surface area contributed by atoms with Crippen LogP contribution >= 0.6 is 27.3 Å². The zero-order valence-corrected chi connectivity index (χ0v) is 13.8. The van der Waals surface area contributed by atoms with Crippen LogP contribution in [0.25, 0.3) is 6.08 Å². The molecule has 0 aromatic carbocycles. The molecule has 0 bridgehead atoms. The summed E-state index contributed by atoms with van der Waals surface area (Å²) >= 11 is 4.99. The number of hydrogen-bond acceptors (Lipinski definition) is 3. The number of nitrogens with one attached hydrogen (secondary N) is 1. The SMILES string of the molecule is O=C(C=Cc1ccc(Br)s1)NCC1CCCCC1CO. The second kappa shape index (κ2) is 7.96. The van der Waals surface area contributed by atoms with Crippen LogP contribution in [-0.4, -0.2) is 24.2 Å². The molecule has 1 aliphatic rings. The Hall–Kier alpha value is -0.650. The normalized spacial score (nSPS) is 23.1. The molecule has 0 saturated heterocycles. The molecule has 0 spiro atoms. The van der Waals surface area contributed by atoms with E-state index < -0.39 is 0 Å². The summed E-state index contributed by atoms with van der Waals surface area (Å²) in [5.41, 5.74) is 0. The van der Waals surface area contributed by atoms with E-state index in [1.807, 2.05) is 18.2 Å². The lowest BCUT2D eigenvalue weighted by molar-refractivity contribution is -0.116. The van der Waals surface area contributed by atoms with Gasteiger partial charge in [0.25, 0.3) is 0 Å². The molecule has 0 aliphatic heterocycles. The summed E-state index contributed by atoms with van der Waals surface area (Å²) in [6, 6.07) is 3.94.